The third-order valence-electron chi connectivity index (χ3n) is 8.03. The normalized spacial score (nSPS) is 20.7. The Labute approximate surface area is 216 Å². The second kappa shape index (κ2) is 9.67. The summed E-state index contributed by atoms with van der Waals surface area (Å²) in [4.78, 5) is 48.3. The Balaban J connectivity index is 1.10. The van der Waals surface area contributed by atoms with Gasteiger partial charge >= 0.3 is 0 Å². The molecular weight excluding hydrogens is 468 g/mol. The second-order valence-electron chi connectivity index (χ2n) is 10.3. The van der Waals surface area contributed by atoms with Crippen molar-refractivity contribution >= 4 is 28.6 Å². The van der Waals surface area contributed by atoms with E-state index in [0.717, 1.165) is 34.9 Å². The van der Waals surface area contributed by atoms with Crippen molar-refractivity contribution in [2.45, 2.75) is 43.9 Å². The van der Waals surface area contributed by atoms with E-state index in [9.17, 15) is 14.4 Å². The average Bonchev–Trinajstić information content (AvgIpc) is 3.58. The molecule has 0 radical (unpaired) electrons. The van der Waals surface area contributed by atoms with Crippen molar-refractivity contribution in [1.29, 1.82) is 0 Å². The van der Waals surface area contributed by atoms with E-state index in [1.54, 1.807) is 9.80 Å². The number of piperazine rings is 2. The third-order valence-corrected chi connectivity index (χ3v) is 8.03. The monoisotopic (exact) mass is 500 g/mol. The molecule has 1 unspecified atom stereocenters. The van der Waals surface area contributed by atoms with Gasteiger partial charge in [0.05, 0.1) is 18.7 Å². The summed E-state index contributed by atoms with van der Waals surface area (Å²) >= 11 is 0. The number of fused-ring (bicyclic) bond motifs is 3. The first-order valence-corrected chi connectivity index (χ1v) is 13.1. The highest BCUT2D eigenvalue weighted by Crippen LogP contribution is 2.50. The maximum absolute atomic E-state index is 13.7. The molecule has 1 spiro atoms. The van der Waals surface area contributed by atoms with Crippen LogP contribution in [0.25, 0.3) is 10.9 Å². The lowest BCUT2D eigenvalue weighted by Gasteiger charge is -2.51. The van der Waals surface area contributed by atoms with E-state index in [1.807, 2.05) is 59.6 Å². The number of H-pyrrole nitrogens is 1. The van der Waals surface area contributed by atoms with Crippen LogP contribution in [0.1, 0.15) is 30.4 Å². The van der Waals surface area contributed by atoms with E-state index in [2.05, 4.69) is 11.1 Å². The molecule has 2 aromatic carbocycles. The lowest BCUT2D eigenvalue weighted by Crippen LogP contribution is -2.73. The summed E-state index contributed by atoms with van der Waals surface area (Å²) in [7, 11) is 0. The smallest absolute Gasteiger partial charge is 0.248 e. The first-order valence-electron chi connectivity index (χ1n) is 13.1. The molecule has 8 nitrogen and oxygen atoms in total. The Morgan fingerprint density at radius 2 is 1.70 bits per heavy atom. The van der Waals surface area contributed by atoms with E-state index in [1.165, 1.54) is 0 Å². The summed E-state index contributed by atoms with van der Waals surface area (Å²) in [6.07, 6.45) is 4.85. The van der Waals surface area contributed by atoms with E-state index in [-0.39, 0.29) is 30.8 Å². The molecule has 3 fully saturated rings. The first-order chi connectivity index (χ1) is 18.1. The highest BCUT2D eigenvalue weighted by atomic mass is 16.5. The van der Waals surface area contributed by atoms with Gasteiger partial charge in [0, 0.05) is 36.8 Å². The Morgan fingerprint density at radius 3 is 2.51 bits per heavy atom. The summed E-state index contributed by atoms with van der Waals surface area (Å²) in [5, 5.41) is 1.14. The molecule has 1 atom stereocenters. The Kier molecular flexibility index (Phi) is 6.20. The summed E-state index contributed by atoms with van der Waals surface area (Å²) in [6.45, 7) is 2.11. The molecule has 1 aromatic heterocycles. The number of carbonyl (C=O) groups excluding carboxylic acids is 3. The number of aromatic nitrogens is 1. The van der Waals surface area contributed by atoms with Crippen LogP contribution in [0.2, 0.25) is 0 Å². The number of ether oxygens (including phenoxy) is 1. The molecule has 6 rings (SSSR count). The molecule has 1 saturated carbocycles. The molecule has 37 heavy (non-hydrogen) atoms. The quantitative estimate of drug-likeness (QED) is 0.458. The number of carbonyl (C=O) groups is 3. The van der Waals surface area contributed by atoms with Gasteiger partial charge in [0.25, 0.3) is 0 Å². The SMILES string of the molecule is O=C1C2N(CC(=O)N(CCCOCc3ccccc3)C23CC3)C(=O)CN1CCc1c[nH]c2ccccc12. The van der Waals surface area contributed by atoms with E-state index in [4.69, 9.17) is 4.74 Å². The van der Waals surface area contributed by atoms with Crippen molar-refractivity contribution < 1.29 is 19.1 Å². The molecule has 3 aliphatic rings. The minimum atomic E-state index is -0.584. The number of aromatic amines is 1. The Morgan fingerprint density at radius 1 is 0.919 bits per heavy atom. The Hall–Kier alpha value is -3.65. The van der Waals surface area contributed by atoms with Crippen LogP contribution in [-0.2, 0) is 32.1 Å². The van der Waals surface area contributed by atoms with E-state index >= 15 is 0 Å². The van der Waals surface area contributed by atoms with Crippen LogP contribution in [0.3, 0.4) is 0 Å². The van der Waals surface area contributed by atoms with Gasteiger partial charge < -0.3 is 24.4 Å². The lowest BCUT2D eigenvalue weighted by molar-refractivity contribution is -0.171. The van der Waals surface area contributed by atoms with E-state index in [0.29, 0.717) is 39.1 Å². The zero-order valence-electron chi connectivity index (χ0n) is 20.9. The molecule has 1 N–H and O–H groups in total. The highest BCUT2D eigenvalue weighted by Gasteiger charge is 2.65. The first kappa shape index (κ1) is 23.7. The zero-order chi connectivity index (χ0) is 25.4. The fraction of sp³-hybridized carbons (Fsp3) is 0.414. The maximum atomic E-state index is 13.7. The number of para-hydroxylation sites is 1. The molecule has 0 bridgehead atoms. The van der Waals surface area contributed by atoms with Gasteiger partial charge in [-0.15, -0.1) is 0 Å². The van der Waals surface area contributed by atoms with Crippen LogP contribution in [-0.4, -0.2) is 81.8 Å². The van der Waals surface area contributed by atoms with Gasteiger partial charge in [-0.1, -0.05) is 48.5 Å². The van der Waals surface area contributed by atoms with Crippen molar-refractivity contribution in [2.75, 3.05) is 32.8 Å². The van der Waals surface area contributed by atoms with Crippen molar-refractivity contribution in [2.24, 2.45) is 0 Å². The fourth-order valence-electron chi connectivity index (χ4n) is 6.00. The summed E-state index contributed by atoms with van der Waals surface area (Å²) in [6, 6.07) is 17.5. The average molecular weight is 501 g/mol. The molecule has 8 heteroatoms. The van der Waals surface area contributed by atoms with Crippen LogP contribution >= 0.6 is 0 Å². The zero-order valence-corrected chi connectivity index (χ0v) is 20.9. The van der Waals surface area contributed by atoms with Gasteiger partial charge in [-0.25, -0.2) is 0 Å². The van der Waals surface area contributed by atoms with Gasteiger partial charge in [-0.3, -0.25) is 14.4 Å². The topological polar surface area (TPSA) is 86.0 Å². The summed E-state index contributed by atoms with van der Waals surface area (Å²) in [5.74, 6) is -0.228. The van der Waals surface area contributed by atoms with Crippen molar-refractivity contribution in [1.82, 2.24) is 19.7 Å². The number of nitrogens with zero attached hydrogens (tertiary/aromatic N) is 3. The second-order valence-corrected chi connectivity index (χ2v) is 10.3. The van der Waals surface area contributed by atoms with Crippen LogP contribution < -0.4 is 0 Å². The number of hydrogen-bond acceptors (Lipinski definition) is 4. The standard InChI is InChI=1S/C29H32N4O4/c34-25-18-31(15-11-22-17-30-24-10-5-4-9-23(22)24)28(36)27-29(12-13-29)33(26(35)19-32(25)27)14-6-16-37-20-21-7-2-1-3-8-21/h1-5,7-10,17,27,30H,6,11-16,18-20H2. The largest absolute Gasteiger partial charge is 0.377 e. The van der Waals surface area contributed by atoms with E-state index < -0.39 is 11.6 Å². The van der Waals surface area contributed by atoms with Gasteiger partial charge in [-0.05, 0) is 42.9 Å². The molecule has 2 aliphatic heterocycles. The molecule has 3 heterocycles. The fourth-order valence-corrected chi connectivity index (χ4v) is 6.00. The van der Waals surface area contributed by atoms with Crippen molar-refractivity contribution in [3.8, 4) is 0 Å². The van der Waals surface area contributed by atoms with Gasteiger partial charge in [0.1, 0.15) is 12.6 Å². The molecule has 192 valence electrons. The van der Waals surface area contributed by atoms with Gasteiger partial charge in [0.15, 0.2) is 0 Å². The lowest BCUT2D eigenvalue weighted by atomic mass is 9.93. The van der Waals surface area contributed by atoms with Crippen molar-refractivity contribution in [3.63, 3.8) is 0 Å². The molecule has 3 aromatic rings. The summed E-state index contributed by atoms with van der Waals surface area (Å²) in [5.41, 5.74) is 2.75. The predicted molar refractivity (Wildman–Crippen MR) is 138 cm³/mol. The molecule has 1 aliphatic carbocycles. The maximum Gasteiger partial charge on any atom is 0.248 e. The van der Waals surface area contributed by atoms with Crippen LogP contribution in [0, 0.1) is 0 Å². The minimum absolute atomic E-state index is 0.0157. The van der Waals surface area contributed by atoms with Crippen molar-refractivity contribution in [3.05, 3.63) is 71.9 Å². The summed E-state index contributed by atoms with van der Waals surface area (Å²) < 4.78 is 5.81. The highest BCUT2D eigenvalue weighted by molar-refractivity contribution is 6.00. The number of amides is 3. The minimum Gasteiger partial charge on any atom is -0.377 e. The predicted octanol–water partition coefficient (Wildman–Crippen LogP) is 2.73. The molecular formula is C29H32N4O4. The van der Waals surface area contributed by atoms with Crippen LogP contribution in [0.15, 0.2) is 60.8 Å². The van der Waals surface area contributed by atoms with Crippen LogP contribution in [0.5, 0.6) is 0 Å². The Bertz CT molecular complexity index is 1320. The molecule has 2 saturated heterocycles. The third kappa shape index (κ3) is 4.39. The number of nitrogens with one attached hydrogen (secondary N) is 1. The molecule has 3 amide bonds. The number of hydrogen-bond donors (Lipinski definition) is 1. The number of rotatable bonds is 9. The van der Waals surface area contributed by atoms with Crippen LogP contribution in [0.4, 0.5) is 0 Å². The van der Waals surface area contributed by atoms with Gasteiger partial charge in [0.2, 0.25) is 17.7 Å². The number of benzene rings is 2. The van der Waals surface area contributed by atoms with Gasteiger partial charge in [-0.2, -0.15) is 0 Å².